The largest absolute Gasteiger partial charge is 0.329 e. The Balaban J connectivity index is 1.90. The predicted molar refractivity (Wildman–Crippen MR) is 83.2 cm³/mol. The van der Waals surface area contributed by atoms with E-state index in [9.17, 15) is 4.79 Å². The SMILES string of the molecule is Cc1cccn2c(=O)cc(CN(C)C(CN)C3CC3)nc12. The summed E-state index contributed by atoms with van der Waals surface area (Å²) in [6.07, 6.45) is 4.29. The molecule has 1 atom stereocenters. The first kappa shape index (κ1) is 14.2. The van der Waals surface area contributed by atoms with Gasteiger partial charge in [-0.25, -0.2) is 4.98 Å². The number of rotatable bonds is 5. The fourth-order valence-corrected chi connectivity index (χ4v) is 2.98. The second-order valence-electron chi connectivity index (χ2n) is 6.03. The summed E-state index contributed by atoms with van der Waals surface area (Å²) in [5, 5.41) is 0. The van der Waals surface area contributed by atoms with Crippen LogP contribution in [0, 0.1) is 12.8 Å². The second-order valence-corrected chi connectivity index (χ2v) is 6.03. The summed E-state index contributed by atoms with van der Waals surface area (Å²) in [7, 11) is 2.07. The molecule has 5 nitrogen and oxygen atoms in total. The number of likely N-dealkylation sites (N-methyl/N-ethyl adjacent to an activating group) is 1. The van der Waals surface area contributed by atoms with Crippen molar-refractivity contribution in [1.29, 1.82) is 0 Å². The number of aryl methyl sites for hydroxylation is 1. The summed E-state index contributed by atoms with van der Waals surface area (Å²) < 4.78 is 1.60. The number of nitrogens with zero attached hydrogens (tertiary/aromatic N) is 3. The van der Waals surface area contributed by atoms with Crippen LogP contribution in [0.1, 0.15) is 24.1 Å². The molecule has 0 bridgehead atoms. The van der Waals surface area contributed by atoms with Gasteiger partial charge in [0.15, 0.2) is 0 Å². The van der Waals surface area contributed by atoms with Crippen LogP contribution in [0.25, 0.3) is 5.65 Å². The zero-order valence-corrected chi connectivity index (χ0v) is 12.6. The Hall–Kier alpha value is -1.72. The minimum atomic E-state index is -0.0252. The Labute approximate surface area is 124 Å². The molecule has 21 heavy (non-hydrogen) atoms. The molecule has 0 aromatic carbocycles. The van der Waals surface area contributed by atoms with Crippen molar-refractivity contribution in [1.82, 2.24) is 14.3 Å². The van der Waals surface area contributed by atoms with Crippen LogP contribution < -0.4 is 11.3 Å². The minimum Gasteiger partial charge on any atom is -0.329 e. The maximum absolute atomic E-state index is 12.2. The molecule has 0 spiro atoms. The van der Waals surface area contributed by atoms with Gasteiger partial charge in [-0.05, 0) is 44.4 Å². The van der Waals surface area contributed by atoms with Crippen LogP contribution in [-0.4, -0.2) is 33.9 Å². The highest BCUT2D eigenvalue weighted by Gasteiger charge is 2.32. The molecule has 1 unspecified atom stereocenters. The number of nitrogens with two attached hydrogens (primary N) is 1. The molecule has 1 aliphatic rings. The monoisotopic (exact) mass is 286 g/mol. The first-order valence-electron chi connectivity index (χ1n) is 7.48. The van der Waals surface area contributed by atoms with E-state index in [4.69, 9.17) is 5.73 Å². The van der Waals surface area contributed by atoms with Gasteiger partial charge in [-0.2, -0.15) is 0 Å². The van der Waals surface area contributed by atoms with E-state index in [1.807, 2.05) is 19.1 Å². The zero-order chi connectivity index (χ0) is 15.0. The molecule has 1 fully saturated rings. The van der Waals surface area contributed by atoms with Crippen molar-refractivity contribution in [2.75, 3.05) is 13.6 Å². The molecule has 2 aromatic heterocycles. The van der Waals surface area contributed by atoms with E-state index in [0.29, 0.717) is 25.0 Å². The van der Waals surface area contributed by atoms with E-state index in [1.54, 1.807) is 16.7 Å². The van der Waals surface area contributed by atoms with Gasteiger partial charge in [0.1, 0.15) is 5.65 Å². The smallest absolute Gasteiger partial charge is 0.258 e. The van der Waals surface area contributed by atoms with E-state index >= 15 is 0 Å². The molecular formula is C16H22N4O. The number of aromatic nitrogens is 2. The van der Waals surface area contributed by atoms with Crippen molar-refractivity contribution in [3.05, 3.63) is 46.0 Å². The topological polar surface area (TPSA) is 63.6 Å². The van der Waals surface area contributed by atoms with Crippen LogP contribution in [-0.2, 0) is 6.54 Å². The molecular weight excluding hydrogens is 264 g/mol. The number of fused-ring (bicyclic) bond motifs is 1. The Morgan fingerprint density at radius 2 is 2.29 bits per heavy atom. The Morgan fingerprint density at radius 3 is 2.95 bits per heavy atom. The van der Waals surface area contributed by atoms with Gasteiger partial charge in [-0.3, -0.25) is 14.1 Å². The van der Waals surface area contributed by atoms with Gasteiger partial charge in [-0.15, -0.1) is 0 Å². The summed E-state index contributed by atoms with van der Waals surface area (Å²) in [5.74, 6) is 0.711. The highest BCUT2D eigenvalue weighted by atomic mass is 16.1. The third-order valence-corrected chi connectivity index (χ3v) is 4.32. The highest BCUT2D eigenvalue weighted by Crippen LogP contribution is 2.34. The summed E-state index contributed by atoms with van der Waals surface area (Å²) in [6, 6.07) is 5.86. The van der Waals surface area contributed by atoms with Gasteiger partial charge < -0.3 is 5.73 Å². The van der Waals surface area contributed by atoms with Crippen molar-refractivity contribution >= 4 is 5.65 Å². The summed E-state index contributed by atoms with van der Waals surface area (Å²) >= 11 is 0. The van der Waals surface area contributed by atoms with Gasteiger partial charge in [0.2, 0.25) is 0 Å². The first-order chi connectivity index (χ1) is 10.1. The molecule has 2 aromatic rings. The molecule has 1 aliphatic carbocycles. The van der Waals surface area contributed by atoms with Gasteiger partial charge in [0.25, 0.3) is 5.56 Å². The highest BCUT2D eigenvalue weighted by molar-refractivity contribution is 5.46. The van der Waals surface area contributed by atoms with E-state index in [-0.39, 0.29) is 5.56 Å². The molecule has 2 N–H and O–H groups in total. The standard InChI is InChI=1S/C16H22N4O/c1-11-4-3-7-20-15(21)8-13(18-16(11)20)10-19(2)14(9-17)12-5-6-12/h3-4,7-8,12,14H,5-6,9-10,17H2,1-2H3. The van der Waals surface area contributed by atoms with Crippen molar-refractivity contribution in [3.8, 4) is 0 Å². The van der Waals surface area contributed by atoms with Crippen LogP contribution in [0.15, 0.2) is 29.2 Å². The Kier molecular flexibility index (Phi) is 3.78. The van der Waals surface area contributed by atoms with Crippen molar-refractivity contribution in [3.63, 3.8) is 0 Å². The van der Waals surface area contributed by atoms with Crippen LogP contribution in [0.2, 0.25) is 0 Å². The fraction of sp³-hybridized carbons (Fsp3) is 0.500. The van der Waals surface area contributed by atoms with Gasteiger partial charge >= 0.3 is 0 Å². The number of hydrogen-bond acceptors (Lipinski definition) is 4. The fourth-order valence-electron chi connectivity index (χ4n) is 2.98. The lowest BCUT2D eigenvalue weighted by Crippen LogP contribution is -2.39. The maximum atomic E-state index is 12.2. The van der Waals surface area contributed by atoms with Gasteiger partial charge in [0.05, 0.1) is 5.69 Å². The van der Waals surface area contributed by atoms with Crippen LogP contribution in [0.3, 0.4) is 0 Å². The number of hydrogen-bond donors (Lipinski definition) is 1. The maximum Gasteiger partial charge on any atom is 0.258 e. The summed E-state index contributed by atoms with van der Waals surface area (Å²) in [4.78, 5) is 19.1. The molecule has 2 heterocycles. The molecule has 112 valence electrons. The summed E-state index contributed by atoms with van der Waals surface area (Å²) in [6.45, 7) is 3.30. The molecule has 5 heteroatoms. The van der Waals surface area contributed by atoms with E-state index < -0.39 is 0 Å². The first-order valence-corrected chi connectivity index (χ1v) is 7.48. The Morgan fingerprint density at radius 1 is 1.52 bits per heavy atom. The van der Waals surface area contributed by atoms with Crippen molar-refractivity contribution in [2.45, 2.75) is 32.4 Å². The number of pyridine rings is 1. The average Bonchev–Trinajstić information content (AvgIpc) is 3.26. The van der Waals surface area contributed by atoms with Gasteiger partial charge in [-0.1, -0.05) is 6.07 Å². The molecule has 0 radical (unpaired) electrons. The molecule has 1 saturated carbocycles. The lowest BCUT2D eigenvalue weighted by atomic mass is 10.1. The lowest BCUT2D eigenvalue weighted by molar-refractivity contribution is 0.213. The minimum absolute atomic E-state index is 0.0252. The normalized spacial score (nSPS) is 16.6. The lowest BCUT2D eigenvalue weighted by Gasteiger charge is -2.26. The van der Waals surface area contributed by atoms with E-state index in [0.717, 1.165) is 16.9 Å². The zero-order valence-electron chi connectivity index (χ0n) is 12.6. The quantitative estimate of drug-likeness (QED) is 0.896. The molecule has 0 amide bonds. The second kappa shape index (κ2) is 5.58. The summed E-state index contributed by atoms with van der Waals surface area (Å²) in [5.41, 5.74) is 8.43. The van der Waals surface area contributed by atoms with E-state index in [2.05, 4.69) is 16.9 Å². The molecule has 3 rings (SSSR count). The average molecular weight is 286 g/mol. The Bertz CT molecular complexity index is 705. The van der Waals surface area contributed by atoms with Crippen LogP contribution in [0.5, 0.6) is 0 Å². The van der Waals surface area contributed by atoms with Crippen LogP contribution >= 0.6 is 0 Å². The third-order valence-electron chi connectivity index (χ3n) is 4.32. The molecule has 0 aliphatic heterocycles. The third kappa shape index (κ3) is 2.84. The van der Waals surface area contributed by atoms with Crippen LogP contribution in [0.4, 0.5) is 0 Å². The van der Waals surface area contributed by atoms with Crippen molar-refractivity contribution in [2.24, 2.45) is 11.7 Å². The predicted octanol–water partition coefficient (Wildman–Crippen LogP) is 1.17. The molecule has 0 saturated heterocycles. The van der Waals surface area contributed by atoms with Gasteiger partial charge in [0, 0.05) is 31.4 Å². The van der Waals surface area contributed by atoms with Crippen molar-refractivity contribution < 1.29 is 0 Å². The van der Waals surface area contributed by atoms with E-state index in [1.165, 1.54) is 12.8 Å².